The molecule has 0 aliphatic rings. The average molecular weight is 310 g/mol. The van der Waals surface area contributed by atoms with E-state index in [-0.39, 0.29) is 11.9 Å². The number of aromatic nitrogens is 3. The molecule has 20 heavy (non-hydrogen) atoms. The molecule has 0 unspecified atom stereocenters. The summed E-state index contributed by atoms with van der Waals surface area (Å²) in [7, 11) is 0. The molecule has 8 heteroatoms. The Morgan fingerprint density at radius 3 is 2.80 bits per heavy atom. The van der Waals surface area contributed by atoms with Crippen molar-refractivity contribution in [3.05, 3.63) is 35.1 Å². The van der Waals surface area contributed by atoms with Crippen molar-refractivity contribution >= 4 is 23.4 Å². The predicted molar refractivity (Wildman–Crippen MR) is 76.9 cm³/mol. The fourth-order valence-corrected chi connectivity index (χ4v) is 2.15. The highest BCUT2D eigenvalue weighted by atomic mass is 35.5. The lowest BCUT2D eigenvalue weighted by Gasteiger charge is -2.06. The summed E-state index contributed by atoms with van der Waals surface area (Å²) in [6.45, 7) is 1.95. The first-order chi connectivity index (χ1) is 9.60. The number of hydrogen-bond donors (Lipinski definition) is 1. The number of nitrogens with zero attached hydrogens (tertiary/aromatic N) is 4. The minimum atomic E-state index is -0.244. The normalized spacial score (nSPS) is 11.8. The number of rotatable bonds is 5. The predicted octanol–water partition coefficient (Wildman–Crippen LogP) is 2.23. The van der Waals surface area contributed by atoms with Crippen LogP contribution in [-0.2, 0) is 6.61 Å². The van der Waals surface area contributed by atoms with Gasteiger partial charge in [-0.05, 0) is 31.2 Å². The zero-order valence-corrected chi connectivity index (χ0v) is 12.2. The van der Waals surface area contributed by atoms with E-state index in [0.29, 0.717) is 21.8 Å². The highest BCUT2D eigenvalue weighted by Gasteiger charge is 2.13. The Morgan fingerprint density at radius 2 is 2.15 bits per heavy atom. The highest BCUT2D eigenvalue weighted by molar-refractivity contribution is 8.00. The molecule has 104 valence electrons. The van der Waals surface area contributed by atoms with Gasteiger partial charge < -0.3 is 10.6 Å². The van der Waals surface area contributed by atoms with Gasteiger partial charge in [-0.3, -0.25) is 0 Å². The SMILES string of the molecule is C[C@H](C#N)Sc1nnc(COc2ccc(Cl)cc2)n1N. The van der Waals surface area contributed by atoms with Crippen LogP contribution in [0, 0.1) is 11.3 Å². The van der Waals surface area contributed by atoms with Gasteiger partial charge in [-0.25, -0.2) is 4.68 Å². The third-order valence-corrected chi connectivity index (χ3v) is 3.58. The smallest absolute Gasteiger partial charge is 0.211 e. The molecule has 1 heterocycles. The van der Waals surface area contributed by atoms with Crippen LogP contribution in [-0.4, -0.2) is 20.1 Å². The van der Waals surface area contributed by atoms with Gasteiger partial charge in [0.05, 0.1) is 11.3 Å². The standard InChI is InChI=1S/C12H12ClN5OS/c1-8(6-14)20-12-17-16-11(18(12)15)7-19-10-4-2-9(13)3-5-10/h2-5,8H,7,15H2,1H3/t8-/m1/s1. The molecule has 0 fully saturated rings. The van der Waals surface area contributed by atoms with Crippen molar-refractivity contribution in [1.29, 1.82) is 5.26 Å². The highest BCUT2D eigenvalue weighted by Crippen LogP contribution is 2.21. The molecule has 0 radical (unpaired) electrons. The molecule has 0 spiro atoms. The van der Waals surface area contributed by atoms with E-state index in [9.17, 15) is 0 Å². The van der Waals surface area contributed by atoms with E-state index < -0.39 is 0 Å². The first kappa shape index (κ1) is 14.5. The van der Waals surface area contributed by atoms with Crippen molar-refractivity contribution in [1.82, 2.24) is 14.9 Å². The summed E-state index contributed by atoms with van der Waals surface area (Å²) in [5.74, 6) is 7.00. The molecule has 2 rings (SSSR count). The van der Waals surface area contributed by atoms with Crippen LogP contribution in [0.3, 0.4) is 0 Å². The molecule has 0 aliphatic heterocycles. The van der Waals surface area contributed by atoms with Gasteiger partial charge in [0.15, 0.2) is 5.82 Å². The lowest BCUT2D eigenvalue weighted by Crippen LogP contribution is -2.16. The maximum Gasteiger partial charge on any atom is 0.211 e. The van der Waals surface area contributed by atoms with Crippen LogP contribution < -0.4 is 10.6 Å². The molecule has 2 N–H and O–H groups in total. The van der Waals surface area contributed by atoms with Gasteiger partial charge in [-0.15, -0.1) is 10.2 Å². The van der Waals surface area contributed by atoms with Crippen molar-refractivity contribution in [2.75, 3.05) is 5.84 Å². The number of nitriles is 1. The van der Waals surface area contributed by atoms with Crippen LogP contribution >= 0.6 is 23.4 Å². The third-order valence-electron chi connectivity index (χ3n) is 2.38. The number of ether oxygens (including phenoxy) is 1. The van der Waals surface area contributed by atoms with E-state index in [0.717, 1.165) is 0 Å². The van der Waals surface area contributed by atoms with Crippen molar-refractivity contribution < 1.29 is 4.74 Å². The zero-order valence-electron chi connectivity index (χ0n) is 10.7. The first-order valence-electron chi connectivity index (χ1n) is 5.74. The van der Waals surface area contributed by atoms with E-state index in [4.69, 9.17) is 27.4 Å². The molecular weight excluding hydrogens is 298 g/mol. The fraction of sp³-hybridized carbons (Fsp3) is 0.250. The number of halogens is 1. The van der Waals surface area contributed by atoms with Gasteiger partial charge in [-0.1, -0.05) is 23.4 Å². The summed E-state index contributed by atoms with van der Waals surface area (Å²) in [5, 5.41) is 17.5. The van der Waals surface area contributed by atoms with E-state index in [1.165, 1.54) is 16.4 Å². The summed E-state index contributed by atoms with van der Waals surface area (Å²) in [6, 6.07) is 9.08. The van der Waals surface area contributed by atoms with E-state index in [2.05, 4.69) is 16.3 Å². The Kier molecular flexibility index (Phi) is 4.71. The van der Waals surface area contributed by atoms with Crippen molar-refractivity contribution in [3.63, 3.8) is 0 Å². The largest absolute Gasteiger partial charge is 0.486 e. The third kappa shape index (κ3) is 3.56. The molecule has 1 aromatic heterocycles. The second-order valence-corrected chi connectivity index (χ2v) is 5.64. The molecule has 0 aliphatic carbocycles. The maximum absolute atomic E-state index is 8.76. The maximum atomic E-state index is 8.76. The van der Waals surface area contributed by atoms with Gasteiger partial charge in [0.1, 0.15) is 12.4 Å². The summed E-state index contributed by atoms with van der Waals surface area (Å²) in [4.78, 5) is 0. The number of hydrogen-bond acceptors (Lipinski definition) is 6. The number of benzene rings is 1. The molecule has 0 saturated heterocycles. The van der Waals surface area contributed by atoms with Gasteiger partial charge in [0, 0.05) is 5.02 Å². The van der Waals surface area contributed by atoms with E-state index in [1.807, 2.05) is 0 Å². The second-order valence-electron chi connectivity index (χ2n) is 3.90. The fourth-order valence-electron chi connectivity index (χ4n) is 1.35. The van der Waals surface area contributed by atoms with Crippen LogP contribution in [0.4, 0.5) is 0 Å². The molecule has 0 bridgehead atoms. The molecule has 1 atom stereocenters. The van der Waals surface area contributed by atoms with Crippen molar-refractivity contribution in [2.24, 2.45) is 0 Å². The summed E-state index contributed by atoms with van der Waals surface area (Å²) in [5.41, 5.74) is 0. The van der Waals surface area contributed by atoms with Crippen LogP contribution in [0.5, 0.6) is 5.75 Å². The Bertz CT molecular complexity index is 622. The minimum Gasteiger partial charge on any atom is -0.486 e. The Hall–Kier alpha value is -1.91. The summed E-state index contributed by atoms with van der Waals surface area (Å²) < 4.78 is 6.86. The topological polar surface area (TPSA) is 89.8 Å². The lowest BCUT2D eigenvalue weighted by atomic mass is 10.3. The summed E-state index contributed by atoms with van der Waals surface area (Å²) in [6.07, 6.45) is 0. The van der Waals surface area contributed by atoms with Gasteiger partial charge in [-0.2, -0.15) is 5.26 Å². The Balaban J connectivity index is 2.00. The summed E-state index contributed by atoms with van der Waals surface area (Å²) >= 11 is 7.03. The van der Waals surface area contributed by atoms with Crippen molar-refractivity contribution in [2.45, 2.75) is 23.9 Å². The second kappa shape index (κ2) is 6.50. The molecule has 1 aromatic carbocycles. The molecule has 0 amide bonds. The molecule has 6 nitrogen and oxygen atoms in total. The lowest BCUT2D eigenvalue weighted by molar-refractivity contribution is 0.291. The van der Waals surface area contributed by atoms with Crippen molar-refractivity contribution in [3.8, 4) is 11.8 Å². The van der Waals surface area contributed by atoms with Crippen LogP contribution in [0.1, 0.15) is 12.7 Å². The molecule has 0 saturated carbocycles. The quantitative estimate of drug-likeness (QED) is 0.673. The average Bonchev–Trinajstić information content (AvgIpc) is 2.79. The molecule has 2 aromatic rings. The Labute approximate surface area is 125 Å². The number of thioether (sulfide) groups is 1. The van der Waals surface area contributed by atoms with Crippen LogP contribution in [0.15, 0.2) is 29.4 Å². The van der Waals surface area contributed by atoms with Gasteiger partial charge >= 0.3 is 0 Å². The molecular formula is C12H12ClN5OS. The van der Waals surface area contributed by atoms with Gasteiger partial charge in [0.25, 0.3) is 0 Å². The Morgan fingerprint density at radius 1 is 1.45 bits per heavy atom. The van der Waals surface area contributed by atoms with Crippen LogP contribution in [0.25, 0.3) is 0 Å². The zero-order chi connectivity index (χ0) is 14.5. The van der Waals surface area contributed by atoms with E-state index >= 15 is 0 Å². The monoisotopic (exact) mass is 309 g/mol. The van der Waals surface area contributed by atoms with Crippen LogP contribution in [0.2, 0.25) is 5.02 Å². The number of nitrogen functional groups attached to an aromatic ring is 1. The minimum absolute atomic E-state index is 0.187. The number of nitrogens with two attached hydrogens (primary N) is 1. The van der Waals surface area contributed by atoms with Gasteiger partial charge in [0.2, 0.25) is 5.16 Å². The van der Waals surface area contributed by atoms with E-state index in [1.54, 1.807) is 31.2 Å². The first-order valence-corrected chi connectivity index (χ1v) is 7.00.